The molecular weight excluding hydrogens is 512 g/mol. The van der Waals surface area contributed by atoms with Crippen LogP contribution in [-0.2, 0) is 11.3 Å². The Labute approximate surface area is 220 Å². The largest absolute Gasteiger partial charge is 0.488 e. The highest BCUT2D eigenvalue weighted by atomic mass is 16.6. The summed E-state index contributed by atoms with van der Waals surface area (Å²) in [7, 11) is 0. The van der Waals surface area contributed by atoms with Crippen LogP contribution in [0.3, 0.4) is 0 Å². The van der Waals surface area contributed by atoms with Crippen molar-refractivity contribution in [3.05, 3.63) is 76.1 Å². The number of nitro benzene ring substituents is 1. The second-order valence-corrected chi connectivity index (χ2v) is 8.59. The molecule has 1 saturated heterocycles. The standard InChI is InChI=1S/C24H24N8O7/c25-21-18-22(27-12-26-21)31(23-20(35)19(34)17(10-33)39-23)24(29-18)30-28-9-14-3-1-2-4-16(14)38-11-13-5-7-15(8-6-13)32(36)37/h1-9,12,17,19-20,23,33-35H,10-11H2,(H,29,30)(H2,25,26,27)/b28-9+/t17-,19-,20+,23-/m1/s1. The van der Waals surface area contributed by atoms with Gasteiger partial charge in [0.25, 0.3) is 5.69 Å². The number of aliphatic hydroxyl groups is 3. The number of para-hydroxylation sites is 1. The number of non-ortho nitro benzene ring substituents is 1. The number of aliphatic hydroxyl groups excluding tert-OH is 3. The number of fused-ring (bicyclic) bond motifs is 1. The molecule has 1 fully saturated rings. The van der Waals surface area contributed by atoms with Crippen molar-refractivity contribution in [2.45, 2.75) is 31.1 Å². The van der Waals surface area contributed by atoms with Gasteiger partial charge in [-0.25, -0.2) is 20.4 Å². The Morgan fingerprint density at radius 1 is 1.18 bits per heavy atom. The molecule has 2 aromatic carbocycles. The molecule has 1 aliphatic heterocycles. The summed E-state index contributed by atoms with van der Waals surface area (Å²) in [6.07, 6.45) is -2.19. The minimum absolute atomic E-state index is 0.00645. The zero-order valence-electron chi connectivity index (χ0n) is 20.2. The summed E-state index contributed by atoms with van der Waals surface area (Å²) >= 11 is 0. The average Bonchev–Trinajstić information content (AvgIpc) is 3.45. The Kier molecular flexibility index (Phi) is 7.29. The molecule has 0 unspecified atom stereocenters. The van der Waals surface area contributed by atoms with Crippen LogP contribution in [0.1, 0.15) is 17.4 Å². The van der Waals surface area contributed by atoms with E-state index in [0.717, 1.165) is 5.56 Å². The van der Waals surface area contributed by atoms with Gasteiger partial charge in [-0.2, -0.15) is 5.10 Å². The maximum absolute atomic E-state index is 10.9. The first-order valence-electron chi connectivity index (χ1n) is 11.7. The van der Waals surface area contributed by atoms with Crippen LogP contribution in [-0.4, -0.2) is 70.9 Å². The smallest absolute Gasteiger partial charge is 0.269 e. The van der Waals surface area contributed by atoms with E-state index in [-0.39, 0.29) is 35.2 Å². The Hall–Kier alpha value is -4.70. The number of nitrogens with two attached hydrogens (primary N) is 1. The van der Waals surface area contributed by atoms with E-state index < -0.39 is 36.1 Å². The molecule has 0 radical (unpaired) electrons. The van der Waals surface area contributed by atoms with Gasteiger partial charge in [-0.05, 0) is 29.8 Å². The van der Waals surface area contributed by atoms with Crippen molar-refractivity contribution < 1.29 is 29.7 Å². The van der Waals surface area contributed by atoms with E-state index in [1.54, 1.807) is 36.4 Å². The number of benzene rings is 2. The van der Waals surface area contributed by atoms with E-state index in [4.69, 9.17) is 15.2 Å². The lowest BCUT2D eigenvalue weighted by molar-refractivity contribution is -0.384. The first kappa shape index (κ1) is 25.9. The number of aromatic nitrogens is 4. The van der Waals surface area contributed by atoms with Crippen molar-refractivity contribution in [2.75, 3.05) is 17.8 Å². The van der Waals surface area contributed by atoms with Crippen LogP contribution in [0, 0.1) is 10.1 Å². The van der Waals surface area contributed by atoms with Crippen molar-refractivity contribution in [2.24, 2.45) is 5.10 Å². The first-order chi connectivity index (χ1) is 18.9. The van der Waals surface area contributed by atoms with Crippen molar-refractivity contribution in [3.8, 4) is 5.75 Å². The fourth-order valence-corrected chi connectivity index (χ4v) is 4.09. The van der Waals surface area contributed by atoms with Gasteiger partial charge >= 0.3 is 0 Å². The number of nitrogen functional groups attached to an aromatic ring is 1. The lowest BCUT2D eigenvalue weighted by atomic mass is 10.1. The van der Waals surface area contributed by atoms with Crippen LogP contribution in [0.2, 0.25) is 0 Å². The van der Waals surface area contributed by atoms with Crippen LogP contribution < -0.4 is 15.9 Å². The predicted octanol–water partition coefficient (Wildman–Crippen LogP) is 0.953. The van der Waals surface area contributed by atoms with Gasteiger partial charge in [0.05, 0.1) is 17.7 Å². The maximum atomic E-state index is 10.9. The number of hydrazone groups is 1. The number of anilines is 2. The van der Waals surface area contributed by atoms with Crippen LogP contribution in [0.25, 0.3) is 11.2 Å². The van der Waals surface area contributed by atoms with Crippen molar-refractivity contribution in [3.63, 3.8) is 0 Å². The molecule has 0 aliphatic carbocycles. The summed E-state index contributed by atoms with van der Waals surface area (Å²) in [5, 5.41) is 45.4. The number of rotatable bonds is 9. The highest BCUT2D eigenvalue weighted by Crippen LogP contribution is 2.35. The summed E-state index contributed by atoms with van der Waals surface area (Å²) in [6.45, 7) is -0.328. The SMILES string of the molecule is Nc1ncnc2c1nc(N/N=C/c1ccccc1OCc1ccc([N+](=O)[O-])cc1)n2[C@@H]1O[C@H](CO)[C@@H](O)[C@@H]1O. The van der Waals surface area contributed by atoms with E-state index in [1.807, 2.05) is 0 Å². The third kappa shape index (κ3) is 5.19. The molecule has 39 heavy (non-hydrogen) atoms. The number of nitrogens with zero attached hydrogens (tertiary/aromatic N) is 6. The average molecular weight is 537 g/mol. The quantitative estimate of drug-likeness (QED) is 0.115. The normalized spacial score (nSPS) is 21.0. The minimum Gasteiger partial charge on any atom is -0.488 e. The summed E-state index contributed by atoms with van der Waals surface area (Å²) in [6, 6.07) is 13.2. The lowest BCUT2D eigenvalue weighted by Gasteiger charge is -2.18. The molecule has 3 heterocycles. The lowest BCUT2D eigenvalue weighted by Crippen LogP contribution is -2.33. The van der Waals surface area contributed by atoms with Crippen LogP contribution >= 0.6 is 0 Å². The first-order valence-corrected chi connectivity index (χ1v) is 11.7. The monoisotopic (exact) mass is 536 g/mol. The maximum Gasteiger partial charge on any atom is 0.269 e. The number of ether oxygens (including phenoxy) is 2. The van der Waals surface area contributed by atoms with Crippen molar-refractivity contribution >= 4 is 34.8 Å². The molecule has 2 aromatic heterocycles. The molecule has 5 rings (SSSR count). The van der Waals surface area contributed by atoms with Gasteiger partial charge in [-0.1, -0.05) is 12.1 Å². The van der Waals surface area contributed by atoms with Gasteiger partial charge in [-0.15, -0.1) is 0 Å². The number of hydrogen-bond donors (Lipinski definition) is 5. The molecule has 15 heteroatoms. The van der Waals surface area contributed by atoms with Gasteiger partial charge in [0.2, 0.25) is 5.95 Å². The zero-order valence-corrected chi connectivity index (χ0v) is 20.2. The number of hydrogen-bond acceptors (Lipinski definition) is 13. The van der Waals surface area contributed by atoms with Gasteiger partial charge in [0, 0.05) is 17.7 Å². The molecule has 0 spiro atoms. The molecule has 6 N–H and O–H groups in total. The second-order valence-electron chi connectivity index (χ2n) is 8.59. The molecule has 202 valence electrons. The highest BCUT2D eigenvalue weighted by molar-refractivity contribution is 5.85. The van der Waals surface area contributed by atoms with Crippen LogP contribution in [0.5, 0.6) is 5.75 Å². The van der Waals surface area contributed by atoms with Crippen molar-refractivity contribution in [1.29, 1.82) is 0 Å². The van der Waals surface area contributed by atoms with Gasteiger partial charge < -0.3 is 30.5 Å². The Morgan fingerprint density at radius 2 is 1.95 bits per heavy atom. The van der Waals surface area contributed by atoms with E-state index in [1.165, 1.54) is 29.2 Å². The molecule has 4 aromatic rings. The van der Waals surface area contributed by atoms with Crippen LogP contribution in [0.15, 0.2) is 60.0 Å². The fourth-order valence-electron chi connectivity index (χ4n) is 4.09. The van der Waals surface area contributed by atoms with Gasteiger partial charge in [0.15, 0.2) is 23.2 Å². The van der Waals surface area contributed by atoms with Gasteiger partial charge in [-0.3, -0.25) is 14.7 Å². The van der Waals surface area contributed by atoms with Crippen LogP contribution in [0.4, 0.5) is 17.5 Å². The summed E-state index contributed by atoms with van der Waals surface area (Å²) < 4.78 is 12.9. The van der Waals surface area contributed by atoms with E-state index in [0.29, 0.717) is 11.3 Å². The van der Waals surface area contributed by atoms with E-state index in [2.05, 4.69) is 25.5 Å². The Bertz CT molecular complexity index is 1510. The molecule has 0 bridgehead atoms. The highest BCUT2D eigenvalue weighted by Gasteiger charge is 2.45. The summed E-state index contributed by atoms with van der Waals surface area (Å²) in [4.78, 5) is 22.9. The van der Waals surface area contributed by atoms with E-state index >= 15 is 0 Å². The zero-order chi connectivity index (χ0) is 27.5. The number of nitro groups is 1. The van der Waals surface area contributed by atoms with Gasteiger partial charge in [0.1, 0.15) is 37.0 Å². The Morgan fingerprint density at radius 3 is 2.67 bits per heavy atom. The second kappa shape index (κ2) is 11.0. The third-order valence-corrected chi connectivity index (χ3v) is 6.11. The Balaban J connectivity index is 1.37. The topological polar surface area (TPSA) is 216 Å². The number of imidazole rings is 1. The molecule has 15 nitrogen and oxygen atoms in total. The molecule has 0 amide bonds. The van der Waals surface area contributed by atoms with E-state index in [9.17, 15) is 25.4 Å². The molecular formula is C24H24N8O7. The van der Waals surface area contributed by atoms with Crippen molar-refractivity contribution in [1.82, 2.24) is 19.5 Å². The predicted molar refractivity (Wildman–Crippen MR) is 138 cm³/mol. The molecule has 1 aliphatic rings. The summed E-state index contributed by atoms with van der Waals surface area (Å²) in [5.74, 6) is 0.684. The third-order valence-electron chi connectivity index (χ3n) is 6.11. The molecule has 4 atom stereocenters. The fraction of sp³-hybridized carbons (Fsp3) is 0.250. The minimum atomic E-state index is -1.39. The summed E-state index contributed by atoms with van der Waals surface area (Å²) in [5.41, 5.74) is 10.5. The molecule has 0 saturated carbocycles. The number of nitrogens with one attached hydrogen (secondary N) is 1.